The number of hydrogen-bond donors (Lipinski definition) is 2. The second kappa shape index (κ2) is 13.5. The zero-order valence-corrected chi connectivity index (χ0v) is 24.1. The highest BCUT2D eigenvalue weighted by Crippen LogP contribution is 2.31. The van der Waals surface area contributed by atoms with Crippen LogP contribution in [0.25, 0.3) is 10.9 Å². The van der Waals surface area contributed by atoms with Crippen LogP contribution >= 0.6 is 11.6 Å². The van der Waals surface area contributed by atoms with E-state index in [9.17, 15) is 14.4 Å². The first-order valence-electron chi connectivity index (χ1n) is 13.2. The van der Waals surface area contributed by atoms with E-state index in [2.05, 4.69) is 10.6 Å². The molecule has 0 aliphatic heterocycles. The first-order valence-corrected chi connectivity index (χ1v) is 13.6. The first-order chi connectivity index (χ1) is 18.5. The number of rotatable bonds is 11. The van der Waals surface area contributed by atoms with Gasteiger partial charge in [0.25, 0.3) is 5.91 Å². The first kappa shape index (κ1) is 30.0. The Kier molecular flexibility index (Phi) is 10.4. The lowest BCUT2D eigenvalue weighted by molar-refractivity contribution is -0.120. The summed E-state index contributed by atoms with van der Waals surface area (Å²) in [5.74, 6) is 0.360. The molecule has 210 valence electrons. The molecule has 0 spiro atoms. The minimum absolute atomic E-state index is 0.106. The third kappa shape index (κ3) is 8.48. The van der Waals surface area contributed by atoms with E-state index in [1.807, 2.05) is 39.8 Å². The highest BCUT2D eigenvalue weighted by molar-refractivity contribution is 6.30. The van der Waals surface area contributed by atoms with Gasteiger partial charge in [-0.05, 0) is 88.6 Å². The molecule has 0 radical (unpaired) electrons. The summed E-state index contributed by atoms with van der Waals surface area (Å²) >= 11 is 6.00. The number of nitrogens with zero attached hydrogens (tertiary/aromatic N) is 1. The normalized spacial score (nSPS) is 11.3. The van der Waals surface area contributed by atoms with Crippen molar-refractivity contribution in [1.29, 1.82) is 0 Å². The molecule has 2 aromatic carbocycles. The summed E-state index contributed by atoms with van der Waals surface area (Å²) in [6.07, 6.45) is 3.29. The second-order valence-electron chi connectivity index (χ2n) is 10.5. The highest BCUT2D eigenvalue weighted by Gasteiger charge is 2.22. The molecule has 0 unspecified atom stereocenters. The summed E-state index contributed by atoms with van der Waals surface area (Å²) in [4.78, 5) is 38.0. The molecule has 0 aliphatic carbocycles. The lowest BCUT2D eigenvalue weighted by atomic mass is 10.1. The van der Waals surface area contributed by atoms with Gasteiger partial charge in [-0.25, -0.2) is 4.79 Å². The summed E-state index contributed by atoms with van der Waals surface area (Å²) in [5, 5.41) is 7.11. The van der Waals surface area contributed by atoms with Crippen molar-refractivity contribution in [2.75, 3.05) is 20.2 Å². The van der Waals surface area contributed by atoms with Crippen LogP contribution in [0.4, 0.5) is 4.79 Å². The molecule has 8 nitrogen and oxygen atoms in total. The van der Waals surface area contributed by atoms with Gasteiger partial charge in [0, 0.05) is 34.8 Å². The second-order valence-corrected chi connectivity index (χ2v) is 10.9. The quantitative estimate of drug-likeness (QED) is 0.281. The number of nitrogens with one attached hydrogen (secondary N) is 2. The Balaban J connectivity index is 1.57. The fourth-order valence-corrected chi connectivity index (χ4v) is 4.48. The van der Waals surface area contributed by atoms with E-state index < -0.39 is 11.7 Å². The Bertz CT molecular complexity index is 1310. The molecule has 0 saturated heterocycles. The van der Waals surface area contributed by atoms with Crippen LogP contribution in [0, 0.1) is 6.92 Å². The molecular weight excluding hydrogens is 518 g/mol. The summed E-state index contributed by atoms with van der Waals surface area (Å²) in [5.41, 5.74) is 2.22. The number of alkyl carbamates (subject to hydrolysis) is 1. The van der Waals surface area contributed by atoms with Crippen molar-refractivity contribution >= 4 is 40.4 Å². The van der Waals surface area contributed by atoms with Crippen molar-refractivity contribution in [2.45, 2.75) is 65.4 Å². The van der Waals surface area contributed by atoms with Crippen molar-refractivity contribution in [3.05, 3.63) is 64.3 Å². The zero-order chi connectivity index (χ0) is 28.6. The van der Waals surface area contributed by atoms with Gasteiger partial charge in [-0.1, -0.05) is 24.4 Å². The number of carbonyl (C=O) groups is 3. The topological polar surface area (TPSA) is 98.7 Å². The van der Waals surface area contributed by atoms with Crippen LogP contribution < -0.4 is 15.4 Å². The largest absolute Gasteiger partial charge is 0.497 e. The fraction of sp³-hybridized carbons (Fsp3) is 0.433. The molecule has 2 amide bonds. The maximum Gasteiger partial charge on any atom is 0.407 e. The molecular formula is C30H38ClN3O5. The predicted octanol–water partition coefficient (Wildman–Crippen LogP) is 6.04. The molecule has 1 heterocycles. The van der Waals surface area contributed by atoms with E-state index in [1.54, 1.807) is 42.0 Å². The van der Waals surface area contributed by atoms with Crippen molar-refractivity contribution < 1.29 is 23.9 Å². The monoisotopic (exact) mass is 555 g/mol. The summed E-state index contributed by atoms with van der Waals surface area (Å²) in [6.45, 7) is 8.47. The van der Waals surface area contributed by atoms with E-state index in [4.69, 9.17) is 21.1 Å². The van der Waals surface area contributed by atoms with E-state index in [1.165, 1.54) is 0 Å². The van der Waals surface area contributed by atoms with Gasteiger partial charge in [0.1, 0.15) is 11.4 Å². The number of aromatic nitrogens is 1. The number of fused-ring (bicyclic) bond motifs is 1. The van der Waals surface area contributed by atoms with Gasteiger partial charge in [-0.2, -0.15) is 0 Å². The SMILES string of the molecule is COc1ccc2c(c1)c(CC(=O)NCCCCCCNC(=O)OC(C)(C)C)c(C)n2C(=O)c1ccc(Cl)cc1. The Hall–Kier alpha value is -3.52. The van der Waals surface area contributed by atoms with Crippen LogP contribution in [0.1, 0.15) is 68.1 Å². The van der Waals surface area contributed by atoms with Crippen molar-refractivity contribution in [3.8, 4) is 5.75 Å². The molecule has 3 rings (SSSR count). The van der Waals surface area contributed by atoms with Crippen molar-refractivity contribution in [2.24, 2.45) is 0 Å². The number of unbranched alkanes of at least 4 members (excludes halogenated alkanes) is 3. The van der Waals surface area contributed by atoms with Crippen LogP contribution in [0.15, 0.2) is 42.5 Å². The van der Waals surface area contributed by atoms with Gasteiger partial charge in [0.15, 0.2) is 0 Å². The van der Waals surface area contributed by atoms with Gasteiger partial charge < -0.3 is 20.1 Å². The highest BCUT2D eigenvalue weighted by atomic mass is 35.5. The molecule has 39 heavy (non-hydrogen) atoms. The predicted molar refractivity (Wildman–Crippen MR) is 154 cm³/mol. The lowest BCUT2D eigenvalue weighted by Gasteiger charge is -2.19. The lowest BCUT2D eigenvalue weighted by Crippen LogP contribution is -2.33. The fourth-order valence-electron chi connectivity index (χ4n) is 4.35. The van der Waals surface area contributed by atoms with Gasteiger partial charge >= 0.3 is 6.09 Å². The zero-order valence-electron chi connectivity index (χ0n) is 23.4. The minimum atomic E-state index is -0.506. The maximum absolute atomic E-state index is 13.4. The van der Waals surface area contributed by atoms with Crippen molar-refractivity contribution in [1.82, 2.24) is 15.2 Å². The average Bonchev–Trinajstić information content (AvgIpc) is 3.14. The van der Waals surface area contributed by atoms with E-state index in [-0.39, 0.29) is 18.2 Å². The third-order valence-electron chi connectivity index (χ3n) is 6.27. The van der Waals surface area contributed by atoms with Gasteiger partial charge in [-0.15, -0.1) is 0 Å². The number of carbonyl (C=O) groups excluding carboxylic acids is 3. The standard InChI is InChI=1S/C30H38ClN3O5/c1-20-24(19-27(35)32-16-8-6-7-9-17-33-29(37)39-30(2,3)4)25-18-23(38-5)14-15-26(25)34(20)28(36)21-10-12-22(31)13-11-21/h10-15,18H,6-9,16-17,19H2,1-5H3,(H,32,35)(H,33,37). The maximum atomic E-state index is 13.4. The van der Waals surface area contributed by atoms with E-state index in [0.717, 1.165) is 42.1 Å². The van der Waals surface area contributed by atoms with E-state index >= 15 is 0 Å². The molecule has 0 aliphatic rings. The Morgan fingerprint density at radius 1 is 0.923 bits per heavy atom. The molecule has 9 heteroatoms. The number of methoxy groups -OCH3 is 1. The summed E-state index contributed by atoms with van der Waals surface area (Å²) in [7, 11) is 1.59. The third-order valence-corrected chi connectivity index (χ3v) is 6.52. The van der Waals surface area contributed by atoms with Crippen LogP contribution in [0.3, 0.4) is 0 Å². The van der Waals surface area contributed by atoms with Gasteiger partial charge in [-0.3, -0.25) is 14.2 Å². The molecule has 0 bridgehead atoms. The number of amides is 2. The number of ether oxygens (including phenoxy) is 2. The minimum Gasteiger partial charge on any atom is -0.497 e. The average molecular weight is 556 g/mol. The number of benzene rings is 2. The molecule has 3 aromatic rings. The Morgan fingerprint density at radius 3 is 2.18 bits per heavy atom. The molecule has 0 fully saturated rings. The van der Waals surface area contributed by atoms with E-state index in [0.29, 0.717) is 35.1 Å². The van der Waals surface area contributed by atoms with Crippen LogP contribution in [-0.2, 0) is 16.0 Å². The van der Waals surface area contributed by atoms with Gasteiger partial charge in [0.05, 0.1) is 19.0 Å². The number of hydrogen-bond acceptors (Lipinski definition) is 5. The molecule has 2 N–H and O–H groups in total. The van der Waals surface area contributed by atoms with Crippen LogP contribution in [0.2, 0.25) is 5.02 Å². The molecule has 0 saturated carbocycles. The van der Waals surface area contributed by atoms with Crippen LogP contribution in [-0.4, -0.2) is 48.3 Å². The summed E-state index contributed by atoms with van der Waals surface area (Å²) < 4.78 is 12.3. The smallest absolute Gasteiger partial charge is 0.407 e. The van der Waals surface area contributed by atoms with Gasteiger partial charge in [0.2, 0.25) is 5.91 Å². The molecule has 0 atom stereocenters. The van der Waals surface area contributed by atoms with Crippen molar-refractivity contribution in [3.63, 3.8) is 0 Å². The number of halogens is 1. The Labute approximate surface area is 235 Å². The summed E-state index contributed by atoms with van der Waals surface area (Å²) in [6, 6.07) is 12.3. The Morgan fingerprint density at radius 2 is 1.56 bits per heavy atom. The molecule has 1 aromatic heterocycles. The van der Waals surface area contributed by atoms with Crippen LogP contribution in [0.5, 0.6) is 5.75 Å².